The first-order valence-corrected chi connectivity index (χ1v) is 11.7. The predicted octanol–water partition coefficient (Wildman–Crippen LogP) is 4.77. The second-order valence-electron chi connectivity index (χ2n) is 8.15. The van der Waals surface area contributed by atoms with E-state index in [1.807, 2.05) is 38.2 Å². The van der Waals surface area contributed by atoms with E-state index >= 15 is 0 Å². The molecular weight excluding hydrogens is 458 g/mol. The summed E-state index contributed by atoms with van der Waals surface area (Å²) in [6.45, 7) is 5.89. The molecule has 0 aliphatic heterocycles. The molecule has 0 fully saturated rings. The van der Waals surface area contributed by atoms with Gasteiger partial charge in [0.05, 0.1) is 0 Å². The largest absolute Gasteiger partial charge is 0.361 e. The standard InChI is InChI=1S/C26H27N7OS/c1-16-14-17(2)30-25(29-16)32-24(27-13-12-20-15-28-23-7-5-4-6-22(20)23)33-26(35)31-21-10-8-19(9-11-21)18(3)34/h4-11,14-15,28H,12-13H2,1-3H3,(H3,27,29,30,31,32,33,35). The zero-order valence-corrected chi connectivity index (χ0v) is 20.7. The predicted molar refractivity (Wildman–Crippen MR) is 145 cm³/mol. The Labute approximate surface area is 209 Å². The number of nitrogens with one attached hydrogen (secondary N) is 4. The number of aromatic amines is 1. The van der Waals surface area contributed by atoms with Gasteiger partial charge in [-0.25, -0.2) is 9.97 Å². The van der Waals surface area contributed by atoms with Crippen LogP contribution >= 0.6 is 12.2 Å². The Kier molecular flexibility index (Phi) is 7.47. The number of anilines is 2. The van der Waals surface area contributed by atoms with Gasteiger partial charge in [-0.15, -0.1) is 0 Å². The number of guanidine groups is 1. The van der Waals surface area contributed by atoms with Crippen LogP contribution in [0.1, 0.15) is 34.2 Å². The second-order valence-corrected chi connectivity index (χ2v) is 8.56. The van der Waals surface area contributed by atoms with Crippen molar-refractivity contribution in [3.8, 4) is 0 Å². The topological polar surface area (TPSA) is 107 Å². The number of hydrogen-bond donors (Lipinski definition) is 4. The maximum Gasteiger partial charge on any atom is 0.229 e. The minimum atomic E-state index is 0.0134. The van der Waals surface area contributed by atoms with Crippen LogP contribution in [-0.2, 0) is 6.42 Å². The van der Waals surface area contributed by atoms with Crippen molar-refractivity contribution in [1.82, 2.24) is 20.3 Å². The van der Waals surface area contributed by atoms with E-state index in [0.29, 0.717) is 29.1 Å². The van der Waals surface area contributed by atoms with Gasteiger partial charge in [0, 0.05) is 46.3 Å². The number of para-hydroxylation sites is 1. The Hall–Kier alpha value is -4.11. The summed E-state index contributed by atoms with van der Waals surface area (Å²) in [5.74, 6) is 0.890. The van der Waals surface area contributed by atoms with Gasteiger partial charge in [-0.2, -0.15) is 0 Å². The first-order valence-electron chi connectivity index (χ1n) is 11.2. The molecule has 0 saturated carbocycles. The third-order valence-corrected chi connectivity index (χ3v) is 5.52. The number of fused-ring (bicyclic) bond motifs is 1. The maximum atomic E-state index is 11.5. The number of hydrogen-bond acceptors (Lipinski definition) is 5. The van der Waals surface area contributed by atoms with Crippen molar-refractivity contribution in [3.05, 3.63) is 83.3 Å². The molecule has 0 saturated heterocycles. The summed E-state index contributed by atoms with van der Waals surface area (Å²) >= 11 is 5.50. The number of carbonyl (C=O) groups is 1. The van der Waals surface area contributed by atoms with Gasteiger partial charge in [0.2, 0.25) is 11.9 Å². The number of benzene rings is 2. The van der Waals surface area contributed by atoms with Crippen molar-refractivity contribution in [2.24, 2.45) is 4.99 Å². The summed E-state index contributed by atoms with van der Waals surface area (Å²) in [5, 5.41) is 10.9. The van der Waals surface area contributed by atoms with Crippen LogP contribution in [0, 0.1) is 13.8 Å². The average Bonchev–Trinajstić information content (AvgIpc) is 3.22. The monoisotopic (exact) mass is 485 g/mol. The molecule has 4 aromatic rings. The molecule has 2 aromatic heterocycles. The van der Waals surface area contributed by atoms with E-state index in [1.165, 1.54) is 17.9 Å². The highest BCUT2D eigenvalue weighted by molar-refractivity contribution is 7.80. The lowest BCUT2D eigenvalue weighted by Crippen LogP contribution is -2.39. The molecule has 0 atom stereocenters. The van der Waals surface area contributed by atoms with Crippen LogP contribution in [0.5, 0.6) is 0 Å². The Morgan fingerprint density at radius 3 is 2.46 bits per heavy atom. The number of aliphatic imine (C=N–C) groups is 1. The van der Waals surface area contributed by atoms with E-state index in [0.717, 1.165) is 29.0 Å². The van der Waals surface area contributed by atoms with Gasteiger partial charge < -0.3 is 15.6 Å². The van der Waals surface area contributed by atoms with Crippen LogP contribution in [0.25, 0.3) is 10.9 Å². The summed E-state index contributed by atoms with van der Waals surface area (Å²) in [7, 11) is 0. The van der Waals surface area contributed by atoms with Crippen molar-refractivity contribution in [1.29, 1.82) is 0 Å². The van der Waals surface area contributed by atoms with Crippen molar-refractivity contribution in [2.45, 2.75) is 27.2 Å². The van der Waals surface area contributed by atoms with E-state index in [9.17, 15) is 4.79 Å². The molecule has 4 N–H and O–H groups in total. The number of nitrogens with zero attached hydrogens (tertiary/aromatic N) is 3. The molecule has 0 spiro atoms. The Morgan fingerprint density at radius 1 is 1.03 bits per heavy atom. The van der Waals surface area contributed by atoms with Crippen LogP contribution < -0.4 is 16.0 Å². The summed E-state index contributed by atoms with van der Waals surface area (Å²) < 4.78 is 0. The van der Waals surface area contributed by atoms with Gasteiger partial charge in [-0.3, -0.25) is 15.1 Å². The molecule has 8 nitrogen and oxygen atoms in total. The molecule has 0 amide bonds. The number of Topliss-reactive ketones (excluding diaryl/α,β-unsaturated/α-hetero) is 1. The highest BCUT2D eigenvalue weighted by atomic mass is 32.1. The van der Waals surface area contributed by atoms with E-state index in [2.05, 4.69) is 43.0 Å². The van der Waals surface area contributed by atoms with Crippen molar-refractivity contribution in [3.63, 3.8) is 0 Å². The summed E-state index contributed by atoms with van der Waals surface area (Å²) in [4.78, 5) is 28.4. The number of aromatic nitrogens is 3. The highest BCUT2D eigenvalue weighted by Crippen LogP contribution is 2.18. The fourth-order valence-electron chi connectivity index (χ4n) is 3.68. The van der Waals surface area contributed by atoms with Crippen LogP contribution in [-0.4, -0.2) is 38.4 Å². The Bertz CT molecular complexity index is 1370. The molecule has 178 valence electrons. The lowest BCUT2D eigenvalue weighted by atomic mass is 10.1. The van der Waals surface area contributed by atoms with Crippen molar-refractivity contribution >= 4 is 51.6 Å². The van der Waals surface area contributed by atoms with Gasteiger partial charge in [0.15, 0.2) is 10.9 Å². The van der Waals surface area contributed by atoms with Gasteiger partial charge in [0.25, 0.3) is 0 Å². The molecular formula is C26H27N7OS. The van der Waals surface area contributed by atoms with Gasteiger partial charge in [0.1, 0.15) is 0 Å². The summed E-state index contributed by atoms with van der Waals surface area (Å²) in [6.07, 6.45) is 2.77. The number of ketones is 1. The van der Waals surface area contributed by atoms with E-state index in [1.54, 1.807) is 24.3 Å². The minimum Gasteiger partial charge on any atom is -0.361 e. The molecule has 0 aliphatic rings. The molecule has 4 rings (SSSR count). The third-order valence-electron chi connectivity index (χ3n) is 5.32. The average molecular weight is 486 g/mol. The lowest BCUT2D eigenvalue weighted by Gasteiger charge is -2.14. The number of thiocarbonyl (C=S) groups is 1. The second kappa shape index (κ2) is 10.9. The van der Waals surface area contributed by atoms with Crippen molar-refractivity contribution in [2.75, 3.05) is 17.2 Å². The Morgan fingerprint density at radius 2 is 1.74 bits per heavy atom. The smallest absolute Gasteiger partial charge is 0.229 e. The first kappa shape index (κ1) is 24.0. The van der Waals surface area contributed by atoms with Crippen LogP contribution in [0.15, 0.2) is 65.8 Å². The van der Waals surface area contributed by atoms with Crippen LogP contribution in [0.3, 0.4) is 0 Å². The lowest BCUT2D eigenvalue weighted by molar-refractivity contribution is 0.101. The fraction of sp³-hybridized carbons (Fsp3) is 0.192. The molecule has 0 bridgehead atoms. The zero-order valence-electron chi connectivity index (χ0n) is 19.8. The number of carbonyl (C=O) groups excluding carboxylic acids is 1. The molecule has 2 heterocycles. The summed E-state index contributed by atoms with van der Waals surface area (Å²) in [6, 6.07) is 17.2. The van der Waals surface area contributed by atoms with Crippen LogP contribution in [0.4, 0.5) is 11.6 Å². The van der Waals surface area contributed by atoms with Gasteiger partial charge >= 0.3 is 0 Å². The van der Waals surface area contributed by atoms with Crippen molar-refractivity contribution < 1.29 is 4.79 Å². The third kappa shape index (κ3) is 6.48. The fourth-order valence-corrected chi connectivity index (χ4v) is 3.90. The minimum absolute atomic E-state index is 0.0134. The van der Waals surface area contributed by atoms with Crippen LogP contribution in [0.2, 0.25) is 0 Å². The van der Waals surface area contributed by atoms with Gasteiger partial charge in [-0.1, -0.05) is 18.2 Å². The van der Waals surface area contributed by atoms with E-state index < -0.39 is 0 Å². The normalized spacial score (nSPS) is 11.3. The van der Waals surface area contributed by atoms with E-state index in [-0.39, 0.29) is 5.78 Å². The molecule has 0 unspecified atom stereocenters. The molecule has 2 aromatic carbocycles. The summed E-state index contributed by atoms with van der Waals surface area (Å²) in [5.41, 5.74) is 5.40. The van der Waals surface area contributed by atoms with E-state index in [4.69, 9.17) is 17.2 Å². The Balaban J connectivity index is 1.48. The highest BCUT2D eigenvalue weighted by Gasteiger charge is 2.09. The van der Waals surface area contributed by atoms with Gasteiger partial charge in [-0.05, 0) is 81.4 Å². The maximum absolute atomic E-state index is 11.5. The molecule has 0 aliphatic carbocycles. The zero-order chi connectivity index (χ0) is 24.8. The number of H-pyrrole nitrogens is 1. The first-order chi connectivity index (χ1) is 16.9. The molecule has 0 radical (unpaired) electrons. The SMILES string of the molecule is CC(=O)c1ccc(NC(=S)NC(=NCCc2c[nH]c3ccccc23)Nc2nc(C)cc(C)n2)cc1. The number of aryl methyl sites for hydroxylation is 2. The quantitative estimate of drug-likeness (QED) is 0.135. The molecule has 9 heteroatoms. The number of rotatable bonds is 6. The molecule has 35 heavy (non-hydrogen) atoms.